The zero-order valence-electron chi connectivity index (χ0n) is 19.1. The van der Waals surface area contributed by atoms with Crippen molar-refractivity contribution in [1.82, 2.24) is 15.1 Å². The van der Waals surface area contributed by atoms with Gasteiger partial charge in [-0.1, -0.05) is 16.9 Å². The number of carbonyl (C=O) groups is 4. The van der Waals surface area contributed by atoms with Crippen LogP contribution in [0.5, 0.6) is 0 Å². The van der Waals surface area contributed by atoms with E-state index in [1.165, 1.54) is 51.3 Å². The van der Waals surface area contributed by atoms with Gasteiger partial charge in [0.15, 0.2) is 0 Å². The second-order valence-electron chi connectivity index (χ2n) is 8.67. The smallest absolute Gasteiger partial charge is 0.347 e. The van der Waals surface area contributed by atoms with Crippen LogP contribution in [0.25, 0.3) is 0 Å². The van der Waals surface area contributed by atoms with Crippen LogP contribution in [0.4, 0.5) is 0 Å². The number of esters is 1. The zero-order chi connectivity index (χ0) is 25.3. The average molecular weight is 534 g/mol. The van der Waals surface area contributed by atoms with E-state index >= 15 is 0 Å². The van der Waals surface area contributed by atoms with Crippen LogP contribution in [0, 0.1) is 0 Å². The Bertz CT molecular complexity index is 938. The van der Waals surface area contributed by atoms with E-state index < -0.39 is 40.8 Å². The first-order valence-corrected chi connectivity index (χ1v) is 13.4. The highest BCUT2D eigenvalue weighted by Crippen LogP contribution is 2.43. The minimum atomic E-state index is -1.08. The Labute approximate surface area is 209 Å². The van der Waals surface area contributed by atoms with Crippen molar-refractivity contribution in [3.63, 3.8) is 0 Å². The number of β-lactam (4-membered cyclic amide) rings is 1. The molecule has 2 unspecified atom stereocenters. The van der Waals surface area contributed by atoms with Gasteiger partial charge >= 0.3 is 11.9 Å². The maximum Gasteiger partial charge on any atom is 0.347 e. The largest absolute Gasteiger partial charge is 0.480 e. The molecule has 2 fully saturated rings. The van der Waals surface area contributed by atoms with Crippen LogP contribution in [0.15, 0.2) is 16.4 Å². The lowest BCUT2D eigenvalue weighted by Crippen LogP contribution is -2.75. The molecule has 34 heavy (non-hydrogen) atoms. The molecule has 3 atom stereocenters. The first kappa shape index (κ1) is 26.3. The number of ether oxygens (including phenoxy) is 1. The van der Waals surface area contributed by atoms with Gasteiger partial charge in [0.05, 0.1) is 10.9 Å². The number of hydrogen-bond donors (Lipinski definition) is 3. The number of rotatable bonds is 6. The van der Waals surface area contributed by atoms with Crippen molar-refractivity contribution in [2.24, 2.45) is 10.9 Å². The summed E-state index contributed by atoms with van der Waals surface area (Å²) in [5.41, 5.74) is 5.09. The molecule has 4 N–H and O–H groups in total. The molecule has 12 nitrogen and oxygen atoms in total. The molecule has 15 heteroatoms. The van der Waals surface area contributed by atoms with Crippen molar-refractivity contribution in [1.29, 1.82) is 0 Å². The number of nitrogens with zero attached hydrogens (tertiary/aromatic N) is 3. The monoisotopic (exact) mass is 533 g/mol. The molecule has 0 aromatic carbocycles. The summed E-state index contributed by atoms with van der Waals surface area (Å²) in [5.74, 6) is -2.26. The lowest BCUT2D eigenvalue weighted by molar-refractivity contribution is -0.160. The lowest BCUT2D eigenvalue weighted by Gasteiger charge is -2.53. The van der Waals surface area contributed by atoms with E-state index in [-0.39, 0.29) is 23.7 Å². The Kier molecular flexibility index (Phi) is 7.87. The summed E-state index contributed by atoms with van der Waals surface area (Å²) in [6, 6.07) is -0.834. The van der Waals surface area contributed by atoms with Gasteiger partial charge in [0.1, 0.15) is 21.8 Å². The van der Waals surface area contributed by atoms with E-state index in [2.05, 4.69) is 10.5 Å². The van der Waals surface area contributed by atoms with Crippen molar-refractivity contribution in [2.75, 3.05) is 31.0 Å². The van der Waals surface area contributed by atoms with Crippen LogP contribution in [0.2, 0.25) is 0 Å². The van der Waals surface area contributed by atoms with Crippen molar-refractivity contribution in [3.05, 3.63) is 11.2 Å². The Morgan fingerprint density at radius 2 is 2.12 bits per heavy atom. The first-order chi connectivity index (χ1) is 15.9. The summed E-state index contributed by atoms with van der Waals surface area (Å²) in [7, 11) is 0. The van der Waals surface area contributed by atoms with Gasteiger partial charge in [0.25, 0.3) is 5.91 Å². The first-order valence-electron chi connectivity index (χ1n) is 10.2. The molecule has 3 heterocycles. The van der Waals surface area contributed by atoms with Crippen molar-refractivity contribution in [2.45, 2.75) is 42.5 Å². The second kappa shape index (κ2) is 10.2. The third-order valence-corrected chi connectivity index (χ3v) is 8.79. The average Bonchev–Trinajstić information content (AvgIpc) is 3.18. The topological polar surface area (TPSA) is 164 Å². The maximum atomic E-state index is 13.0. The number of amides is 2. The van der Waals surface area contributed by atoms with Crippen LogP contribution < -0.4 is 11.1 Å². The fourth-order valence-electron chi connectivity index (χ4n) is 3.33. The van der Waals surface area contributed by atoms with Gasteiger partial charge in [0, 0.05) is 18.5 Å². The highest BCUT2D eigenvalue weighted by atomic mass is 32.2. The molecule has 0 aliphatic carbocycles. The predicted octanol–water partition coefficient (Wildman–Crippen LogP) is 0.00840. The highest BCUT2D eigenvalue weighted by molar-refractivity contribution is 8.04. The van der Waals surface area contributed by atoms with Gasteiger partial charge in [-0.3, -0.25) is 14.4 Å². The molecule has 3 aliphatic heterocycles. The lowest BCUT2D eigenvalue weighted by atomic mass is 10.0. The number of amidine groups is 1. The van der Waals surface area contributed by atoms with E-state index in [4.69, 9.17) is 15.3 Å². The van der Waals surface area contributed by atoms with E-state index in [0.29, 0.717) is 16.7 Å². The summed E-state index contributed by atoms with van der Waals surface area (Å²) in [6.07, 6.45) is 3.20. The molecule has 0 radical (unpaired) electrons. The number of hydrogen-bond acceptors (Lipinski definition) is 11. The van der Waals surface area contributed by atoms with Crippen LogP contribution in [0.3, 0.4) is 0 Å². The molecule has 2 saturated heterocycles. The Hall–Kier alpha value is -2.26. The minimum Gasteiger partial charge on any atom is -0.480 e. The molecule has 2 amide bonds. The van der Waals surface area contributed by atoms with E-state index in [1.54, 1.807) is 27.0 Å². The summed E-state index contributed by atoms with van der Waals surface area (Å²) >= 11 is 3.78. The number of carbonyl (C=O) groups excluding carboxylic acids is 3. The second-order valence-corrected chi connectivity index (χ2v) is 12.0. The van der Waals surface area contributed by atoms with Crippen LogP contribution >= 0.6 is 35.3 Å². The fraction of sp³-hybridized carbons (Fsp3) is 0.632. The minimum absolute atomic E-state index is 0.0638. The summed E-state index contributed by atoms with van der Waals surface area (Å²) in [5, 5.41) is 16.1. The molecule has 0 spiro atoms. The van der Waals surface area contributed by atoms with E-state index in [9.17, 15) is 24.3 Å². The van der Waals surface area contributed by atoms with Gasteiger partial charge < -0.3 is 35.5 Å². The Morgan fingerprint density at radius 3 is 2.68 bits per heavy atom. The van der Waals surface area contributed by atoms with Gasteiger partial charge in [-0.15, -0.1) is 23.5 Å². The number of thioether (sulfide) groups is 3. The Balaban J connectivity index is 1.66. The number of fused-ring (bicyclic) bond motifs is 1. The summed E-state index contributed by atoms with van der Waals surface area (Å²) < 4.78 is 4.07. The molecule has 3 rings (SSSR count). The highest BCUT2D eigenvalue weighted by Gasteiger charge is 2.57. The molecular formula is C19H27N5O7S3. The molecule has 188 valence electrons. The molecular weight excluding hydrogens is 506 g/mol. The van der Waals surface area contributed by atoms with Gasteiger partial charge in [0.2, 0.25) is 18.3 Å². The number of oxime groups is 1. The predicted molar refractivity (Wildman–Crippen MR) is 130 cm³/mol. The van der Waals surface area contributed by atoms with E-state index in [0.717, 1.165) is 0 Å². The standard InChI is InChI=1S/C19H27N5O7S3/c1-18(2,3)31-11(25)6-30-22-13(23-5-10(20)34-9-23)14(26)21-12-15(27)24-7-19(32-4,17(28)29)8-33-16(12)24/h5,12,16H,6-9,20H2,1-4H3,(H,21,26)(H,28,29)/t12?,16-,19?/m1/s1. The zero-order valence-corrected chi connectivity index (χ0v) is 21.6. The number of carboxylic acids is 1. The van der Waals surface area contributed by atoms with Gasteiger partial charge in [-0.05, 0) is 27.0 Å². The quantitative estimate of drug-likeness (QED) is 0.138. The molecule has 3 aliphatic rings. The number of nitrogens with two attached hydrogens (primary N) is 1. The number of aliphatic carboxylic acids is 1. The normalized spacial score (nSPS) is 26.9. The maximum absolute atomic E-state index is 13.0. The van der Waals surface area contributed by atoms with Gasteiger partial charge in [-0.25, -0.2) is 4.79 Å². The molecule has 0 aromatic heterocycles. The van der Waals surface area contributed by atoms with E-state index in [1.807, 2.05) is 0 Å². The van der Waals surface area contributed by atoms with Crippen molar-refractivity contribution in [3.8, 4) is 0 Å². The third-order valence-electron chi connectivity index (χ3n) is 5.00. The van der Waals surface area contributed by atoms with Crippen LogP contribution in [-0.4, -0.2) is 97.3 Å². The summed E-state index contributed by atoms with van der Waals surface area (Å²) in [6.45, 7) is 4.70. The summed E-state index contributed by atoms with van der Waals surface area (Å²) in [4.78, 5) is 57.3. The van der Waals surface area contributed by atoms with Crippen LogP contribution in [0.1, 0.15) is 20.8 Å². The number of carboxylic acid groups (broad SMARTS) is 1. The van der Waals surface area contributed by atoms with Crippen molar-refractivity contribution < 1.29 is 33.9 Å². The van der Waals surface area contributed by atoms with Crippen molar-refractivity contribution >= 4 is 64.9 Å². The molecule has 0 aromatic rings. The molecule has 0 saturated carbocycles. The third kappa shape index (κ3) is 5.68. The Morgan fingerprint density at radius 1 is 1.41 bits per heavy atom. The molecule has 0 bridgehead atoms. The SMILES string of the molecule is CSC1(C(=O)O)CS[C@@H]2C(NC(=O)C(=NOCC(=O)OC(C)(C)C)N3C=C(N)SC3)C(=O)N2C1. The fourth-order valence-corrected chi connectivity index (χ4v) is 6.53. The van der Waals surface area contributed by atoms with Crippen LogP contribution in [-0.2, 0) is 28.8 Å². The van der Waals surface area contributed by atoms with Gasteiger partial charge in [-0.2, -0.15) is 0 Å². The number of nitrogens with one attached hydrogen (secondary N) is 1.